The van der Waals surface area contributed by atoms with Gasteiger partial charge in [0.1, 0.15) is 21.4 Å². The van der Waals surface area contributed by atoms with Crippen LogP contribution in [0.3, 0.4) is 0 Å². The standard InChI is InChI=1S/C13H22N2O4S/c1-4-10-11(16)15(7-8-20(3,18)19)13(2,9-5-6-9)12(17)14-10/h9-10H,4-8H2,1-3H3,(H,14,17). The Morgan fingerprint density at radius 1 is 1.35 bits per heavy atom. The van der Waals surface area contributed by atoms with E-state index in [2.05, 4.69) is 5.32 Å². The molecule has 1 aliphatic carbocycles. The zero-order valence-corrected chi connectivity index (χ0v) is 13.0. The predicted molar refractivity (Wildman–Crippen MR) is 74.8 cm³/mol. The minimum Gasteiger partial charge on any atom is -0.342 e. The number of carbonyl (C=O) groups excluding carboxylic acids is 2. The summed E-state index contributed by atoms with van der Waals surface area (Å²) in [6, 6.07) is -0.533. The van der Waals surface area contributed by atoms with Gasteiger partial charge in [-0.05, 0) is 32.1 Å². The molecule has 2 amide bonds. The van der Waals surface area contributed by atoms with Crippen molar-refractivity contribution >= 4 is 21.7 Å². The van der Waals surface area contributed by atoms with Gasteiger partial charge < -0.3 is 10.2 Å². The molecule has 1 saturated heterocycles. The van der Waals surface area contributed by atoms with Crippen LogP contribution in [0.1, 0.15) is 33.1 Å². The zero-order valence-electron chi connectivity index (χ0n) is 12.2. The van der Waals surface area contributed by atoms with Crippen LogP contribution in [0.4, 0.5) is 0 Å². The molecular formula is C13H22N2O4S. The lowest BCUT2D eigenvalue weighted by Crippen LogP contribution is -2.70. The van der Waals surface area contributed by atoms with E-state index in [1.807, 2.05) is 6.92 Å². The fourth-order valence-electron chi connectivity index (χ4n) is 2.83. The van der Waals surface area contributed by atoms with Gasteiger partial charge in [-0.25, -0.2) is 8.42 Å². The normalized spacial score (nSPS) is 31.4. The van der Waals surface area contributed by atoms with Crippen LogP contribution in [-0.4, -0.2) is 55.3 Å². The highest BCUT2D eigenvalue weighted by molar-refractivity contribution is 7.90. The highest BCUT2D eigenvalue weighted by Crippen LogP contribution is 2.44. The predicted octanol–water partition coefficient (Wildman–Crippen LogP) is -0.0633. The molecule has 20 heavy (non-hydrogen) atoms. The van der Waals surface area contributed by atoms with E-state index in [1.165, 1.54) is 4.90 Å². The van der Waals surface area contributed by atoms with Gasteiger partial charge in [-0.3, -0.25) is 9.59 Å². The maximum atomic E-state index is 12.5. The number of nitrogens with one attached hydrogen (secondary N) is 1. The monoisotopic (exact) mass is 302 g/mol. The van der Waals surface area contributed by atoms with E-state index < -0.39 is 21.4 Å². The van der Waals surface area contributed by atoms with Crippen molar-refractivity contribution in [1.82, 2.24) is 10.2 Å². The molecule has 2 rings (SSSR count). The number of carbonyl (C=O) groups is 2. The largest absolute Gasteiger partial charge is 0.342 e. The fourth-order valence-corrected chi connectivity index (χ4v) is 3.35. The molecule has 1 heterocycles. The molecule has 2 atom stereocenters. The molecule has 0 aromatic carbocycles. The van der Waals surface area contributed by atoms with Crippen LogP contribution < -0.4 is 5.32 Å². The van der Waals surface area contributed by atoms with Crippen LogP contribution in [0, 0.1) is 5.92 Å². The molecule has 2 fully saturated rings. The number of amides is 2. The molecule has 6 nitrogen and oxygen atoms in total. The van der Waals surface area contributed by atoms with Crippen LogP contribution in [0.25, 0.3) is 0 Å². The average molecular weight is 302 g/mol. The van der Waals surface area contributed by atoms with Crippen LogP contribution in [0.15, 0.2) is 0 Å². The van der Waals surface area contributed by atoms with Crippen molar-refractivity contribution in [1.29, 1.82) is 0 Å². The van der Waals surface area contributed by atoms with E-state index in [0.717, 1.165) is 19.1 Å². The van der Waals surface area contributed by atoms with Crippen LogP contribution in [0.2, 0.25) is 0 Å². The second-order valence-electron chi connectivity index (χ2n) is 5.98. The van der Waals surface area contributed by atoms with Gasteiger partial charge in [-0.1, -0.05) is 6.92 Å². The van der Waals surface area contributed by atoms with Gasteiger partial charge in [-0.2, -0.15) is 0 Å². The molecule has 0 spiro atoms. The van der Waals surface area contributed by atoms with Crippen molar-refractivity contribution in [3.05, 3.63) is 0 Å². The number of sulfone groups is 1. The Labute approximate surface area is 119 Å². The molecule has 0 bridgehead atoms. The number of piperazine rings is 1. The van der Waals surface area contributed by atoms with Gasteiger partial charge in [0.2, 0.25) is 11.8 Å². The Morgan fingerprint density at radius 2 is 1.95 bits per heavy atom. The molecule has 1 aliphatic heterocycles. The van der Waals surface area contributed by atoms with E-state index in [4.69, 9.17) is 0 Å². The molecule has 2 aliphatic rings. The van der Waals surface area contributed by atoms with Crippen LogP contribution in [0.5, 0.6) is 0 Å². The molecule has 1 N–H and O–H groups in total. The molecule has 0 aromatic heterocycles. The molecule has 1 saturated carbocycles. The van der Waals surface area contributed by atoms with E-state index >= 15 is 0 Å². The number of hydrogen-bond donors (Lipinski definition) is 1. The van der Waals surface area contributed by atoms with Crippen LogP contribution in [-0.2, 0) is 19.4 Å². The second kappa shape index (κ2) is 5.02. The van der Waals surface area contributed by atoms with Crippen molar-refractivity contribution < 1.29 is 18.0 Å². The van der Waals surface area contributed by atoms with Gasteiger partial charge in [0.05, 0.1) is 5.75 Å². The van der Waals surface area contributed by atoms with Crippen molar-refractivity contribution in [3.63, 3.8) is 0 Å². The quantitative estimate of drug-likeness (QED) is 0.771. The molecule has 114 valence electrons. The summed E-state index contributed by atoms with van der Waals surface area (Å²) in [6.45, 7) is 3.68. The second-order valence-corrected chi connectivity index (χ2v) is 8.24. The smallest absolute Gasteiger partial charge is 0.246 e. The summed E-state index contributed by atoms with van der Waals surface area (Å²) >= 11 is 0. The maximum Gasteiger partial charge on any atom is 0.246 e. The first kappa shape index (κ1) is 15.3. The number of rotatable bonds is 5. The summed E-state index contributed by atoms with van der Waals surface area (Å²) in [6.07, 6.45) is 3.47. The lowest BCUT2D eigenvalue weighted by molar-refractivity contribution is -0.157. The number of nitrogens with zero attached hydrogens (tertiary/aromatic N) is 1. The third-order valence-electron chi connectivity index (χ3n) is 4.36. The van der Waals surface area contributed by atoms with Crippen molar-refractivity contribution in [2.24, 2.45) is 5.92 Å². The van der Waals surface area contributed by atoms with Gasteiger partial charge in [0, 0.05) is 12.8 Å². The van der Waals surface area contributed by atoms with Gasteiger partial charge in [0.15, 0.2) is 0 Å². The maximum absolute atomic E-state index is 12.5. The Bertz CT molecular complexity index is 526. The van der Waals surface area contributed by atoms with Gasteiger partial charge in [-0.15, -0.1) is 0 Å². The average Bonchev–Trinajstić information content (AvgIpc) is 3.16. The lowest BCUT2D eigenvalue weighted by atomic mass is 9.88. The topological polar surface area (TPSA) is 83.6 Å². The van der Waals surface area contributed by atoms with Gasteiger partial charge >= 0.3 is 0 Å². The summed E-state index contributed by atoms with van der Waals surface area (Å²) in [7, 11) is -3.17. The third-order valence-corrected chi connectivity index (χ3v) is 5.28. The van der Waals surface area contributed by atoms with E-state index in [-0.39, 0.29) is 30.0 Å². The highest BCUT2D eigenvalue weighted by Gasteiger charge is 2.56. The summed E-state index contributed by atoms with van der Waals surface area (Å²) in [4.78, 5) is 26.4. The van der Waals surface area contributed by atoms with Crippen LogP contribution >= 0.6 is 0 Å². The summed E-state index contributed by atoms with van der Waals surface area (Å²) in [5.41, 5.74) is -0.895. The third kappa shape index (κ3) is 2.68. The minimum atomic E-state index is -3.17. The lowest BCUT2D eigenvalue weighted by Gasteiger charge is -2.46. The first-order valence-electron chi connectivity index (χ1n) is 7.00. The molecule has 0 radical (unpaired) electrons. The molecular weight excluding hydrogens is 280 g/mol. The Hall–Kier alpha value is -1.11. The Kier molecular flexibility index (Phi) is 3.83. The van der Waals surface area contributed by atoms with Gasteiger partial charge in [0.25, 0.3) is 0 Å². The van der Waals surface area contributed by atoms with Crippen molar-refractivity contribution in [2.75, 3.05) is 18.6 Å². The SMILES string of the molecule is CCC1NC(=O)C(C)(C2CC2)N(CCS(C)(=O)=O)C1=O. The fraction of sp³-hybridized carbons (Fsp3) is 0.846. The van der Waals surface area contributed by atoms with E-state index in [9.17, 15) is 18.0 Å². The highest BCUT2D eigenvalue weighted by atomic mass is 32.2. The molecule has 2 unspecified atom stereocenters. The van der Waals surface area contributed by atoms with Crippen molar-refractivity contribution in [2.45, 2.75) is 44.7 Å². The molecule has 7 heteroatoms. The van der Waals surface area contributed by atoms with Crippen molar-refractivity contribution in [3.8, 4) is 0 Å². The Morgan fingerprint density at radius 3 is 2.40 bits per heavy atom. The first-order chi connectivity index (χ1) is 9.20. The number of hydrogen-bond acceptors (Lipinski definition) is 4. The first-order valence-corrected chi connectivity index (χ1v) is 9.06. The zero-order chi connectivity index (χ0) is 15.1. The Balaban J connectivity index is 2.28. The van der Waals surface area contributed by atoms with E-state index in [1.54, 1.807) is 6.92 Å². The summed E-state index contributed by atoms with van der Waals surface area (Å²) in [5.74, 6) is -0.279. The minimum absolute atomic E-state index is 0.0919. The van der Waals surface area contributed by atoms with E-state index in [0.29, 0.717) is 6.42 Å². The molecule has 0 aromatic rings. The summed E-state index contributed by atoms with van der Waals surface area (Å²) < 4.78 is 22.7. The summed E-state index contributed by atoms with van der Waals surface area (Å²) in [5, 5.41) is 2.78.